The third-order valence-corrected chi connectivity index (χ3v) is 1.97. The quantitative estimate of drug-likeness (QED) is 0.343. The molecule has 0 aromatic heterocycles. The second-order valence-electron chi connectivity index (χ2n) is 2.54. The average Bonchev–Trinajstić information content (AvgIpc) is 1.98. The minimum absolute atomic E-state index is 0.712. The van der Waals surface area contributed by atoms with Gasteiger partial charge in [-0.2, -0.15) is 0 Å². The normalized spacial score (nSPS) is 19.5. The third-order valence-electron chi connectivity index (χ3n) is 1.37. The summed E-state index contributed by atoms with van der Waals surface area (Å²) in [5, 5.41) is 26.3. The highest BCUT2D eigenvalue weighted by atomic mass is 31.2. The molecule has 3 atom stereocenters. The van der Waals surface area contributed by atoms with Gasteiger partial charge >= 0.3 is 7.82 Å². The second kappa shape index (κ2) is 5.02. The van der Waals surface area contributed by atoms with E-state index >= 15 is 0 Å². The molecule has 0 rings (SSSR count). The highest BCUT2D eigenvalue weighted by Gasteiger charge is 2.28. The molecule has 0 bridgehead atoms. The number of phosphoric ester groups is 1. The van der Waals surface area contributed by atoms with Gasteiger partial charge in [-0.3, -0.25) is 4.52 Å². The van der Waals surface area contributed by atoms with Gasteiger partial charge in [0.15, 0.2) is 0 Å². The minimum atomic E-state index is -4.68. The maximum atomic E-state index is 10.3. The van der Waals surface area contributed by atoms with Gasteiger partial charge in [0.25, 0.3) is 0 Å². The van der Waals surface area contributed by atoms with Gasteiger partial charge in [-0.25, -0.2) is 4.57 Å². The van der Waals surface area contributed by atoms with Gasteiger partial charge in [0, 0.05) is 0 Å². The van der Waals surface area contributed by atoms with E-state index in [4.69, 9.17) is 25.1 Å². The second-order valence-corrected chi connectivity index (χ2v) is 3.73. The van der Waals surface area contributed by atoms with E-state index in [9.17, 15) is 4.57 Å². The number of phosphoric acid groups is 1. The van der Waals surface area contributed by atoms with E-state index in [1.54, 1.807) is 0 Å². The van der Waals surface area contributed by atoms with Crippen LogP contribution in [0.25, 0.3) is 0 Å². The smallest absolute Gasteiger partial charge is 0.394 e. The predicted octanol–water partition coefficient (Wildman–Crippen LogP) is -1.80. The van der Waals surface area contributed by atoms with Crippen LogP contribution in [0.4, 0.5) is 0 Å². The summed E-state index contributed by atoms with van der Waals surface area (Å²) in [5.74, 6) is 0. The monoisotopic (exact) mass is 216 g/mol. The molecule has 0 aromatic carbocycles. The van der Waals surface area contributed by atoms with E-state index in [2.05, 4.69) is 4.52 Å². The molecule has 0 fully saturated rings. The zero-order valence-electron chi connectivity index (χ0n) is 6.94. The van der Waals surface area contributed by atoms with Crippen LogP contribution in [0, 0.1) is 0 Å². The first-order valence-electron chi connectivity index (χ1n) is 3.49. The lowest BCUT2D eigenvalue weighted by Crippen LogP contribution is -2.38. The van der Waals surface area contributed by atoms with Crippen LogP contribution in [0.15, 0.2) is 0 Å². The first kappa shape index (κ1) is 13.0. The molecule has 0 unspecified atom stereocenters. The highest BCUT2D eigenvalue weighted by molar-refractivity contribution is 7.46. The fourth-order valence-electron chi connectivity index (χ4n) is 0.700. The summed E-state index contributed by atoms with van der Waals surface area (Å²) in [4.78, 5) is 16.7. The summed E-state index contributed by atoms with van der Waals surface area (Å²) in [5.41, 5.74) is 0. The Bertz CT molecular complexity index is 189. The fraction of sp³-hybridized carbons (Fsp3) is 1.00. The first-order chi connectivity index (χ1) is 5.78. The van der Waals surface area contributed by atoms with E-state index in [1.807, 2.05) is 0 Å². The van der Waals surface area contributed by atoms with Crippen LogP contribution in [0.5, 0.6) is 0 Å². The molecule has 7 nitrogen and oxygen atoms in total. The van der Waals surface area contributed by atoms with Crippen molar-refractivity contribution >= 4 is 7.82 Å². The standard InChI is InChI=1S/C5H13O7P/c1-3(12-13(9,10)11)5(8)4(7)2-6/h3-8H,2H2,1H3,(H2,9,10,11)/t3-,4+,5-/m0/s1. The molecule has 0 heterocycles. The zero-order valence-corrected chi connectivity index (χ0v) is 7.83. The van der Waals surface area contributed by atoms with Crippen LogP contribution in [-0.4, -0.2) is 50.0 Å². The largest absolute Gasteiger partial charge is 0.469 e. The van der Waals surface area contributed by atoms with Gasteiger partial charge in [0.2, 0.25) is 0 Å². The third kappa shape index (κ3) is 5.33. The molecule has 0 radical (unpaired) electrons. The SMILES string of the molecule is C[C@H](OP(=O)(O)O)[C@H](O)[C@H](O)CO. The molecule has 0 saturated heterocycles. The molecule has 0 aliphatic heterocycles. The summed E-state index contributed by atoms with van der Waals surface area (Å²) >= 11 is 0. The minimum Gasteiger partial charge on any atom is -0.394 e. The Morgan fingerprint density at radius 3 is 2.15 bits per heavy atom. The Kier molecular flexibility index (Phi) is 5.01. The molecule has 0 amide bonds. The highest BCUT2D eigenvalue weighted by Crippen LogP contribution is 2.38. The number of aliphatic hydroxyl groups is 3. The van der Waals surface area contributed by atoms with Crippen LogP contribution in [0.3, 0.4) is 0 Å². The number of rotatable bonds is 5. The Labute approximate surface area is 74.8 Å². The van der Waals surface area contributed by atoms with Crippen molar-refractivity contribution in [3.63, 3.8) is 0 Å². The summed E-state index contributed by atoms with van der Waals surface area (Å²) in [6, 6.07) is 0. The molecule has 0 spiro atoms. The van der Waals surface area contributed by atoms with Crippen molar-refractivity contribution in [2.75, 3.05) is 6.61 Å². The van der Waals surface area contributed by atoms with Crippen molar-refractivity contribution in [1.29, 1.82) is 0 Å². The Hall–Kier alpha value is -0.0100. The lowest BCUT2D eigenvalue weighted by Gasteiger charge is -2.22. The van der Waals surface area contributed by atoms with Gasteiger partial charge in [-0.1, -0.05) is 0 Å². The van der Waals surface area contributed by atoms with Crippen LogP contribution in [0.1, 0.15) is 6.92 Å². The van der Waals surface area contributed by atoms with Crippen LogP contribution >= 0.6 is 7.82 Å². The Morgan fingerprint density at radius 2 is 1.85 bits per heavy atom. The zero-order chi connectivity index (χ0) is 10.6. The summed E-state index contributed by atoms with van der Waals surface area (Å²) in [6.45, 7) is 0.457. The number of hydrogen-bond donors (Lipinski definition) is 5. The van der Waals surface area contributed by atoms with E-state index in [-0.39, 0.29) is 0 Å². The van der Waals surface area contributed by atoms with Gasteiger partial charge in [-0.05, 0) is 6.92 Å². The molecule has 0 saturated carbocycles. The summed E-state index contributed by atoms with van der Waals surface area (Å²) in [7, 11) is -4.68. The molecular weight excluding hydrogens is 203 g/mol. The predicted molar refractivity (Wildman–Crippen MR) is 41.7 cm³/mol. The lowest BCUT2D eigenvalue weighted by molar-refractivity contribution is -0.0678. The Morgan fingerprint density at radius 1 is 1.38 bits per heavy atom. The van der Waals surface area contributed by atoms with Crippen LogP contribution < -0.4 is 0 Å². The molecular formula is C5H13O7P. The van der Waals surface area contributed by atoms with Crippen molar-refractivity contribution in [3.05, 3.63) is 0 Å². The van der Waals surface area contributed by atoms with Gasteiger partial charge < -0.3 is 25.1 Å². The van der Waals surface area contributed by atoms with Crippen molar-refractivity contribution in [1.82, 2.24) is 0 Å². The summed E-state index contributed by atoms with van der Waals surface area (Å²) in [6.07, 6.45) is -4.29. The molecule has 0 aliphatic carbocycles. The molecule has 0 aliphatic rings. The van der Waals surface area contributed by atoms with Gasteiger partial charge in [0.05, 0.1) is 12.7 Å². The molecule has 13 heavy (non-hydrogen) atoms. The first-order valence-corrected chi connectivity index (χ1v) is 5.02. The number of aliphatic hydroxyl groups excluding tert-OH is 3. The van der Waals surface area contributed by atoms with Gasteiger partial charge in [0.1, 0.15) is 12.2 Å². The molecule has 5 N–H and O–H groups in total. The van der Waals surface area contributed by atoms with E-state index in [1.165, 1.54) is 6.92 Å². The maximum absolute atomic E-state index is 10.3. The maximum Gasteiger partial charge on any atom is 0.469 e. The fourth-order valence-corrected chi connectivity index (χ4v) is 1.26. The Balaban J connectivity index is 4.11. The van der Waals surface area contributed by atoms with Crippen LogP contribution in [-0.2, 0) is 9.09 Å². The average molecular weight is 216 g/mol. The molecule has 80 valence electrons. The van der Waals surface area contributed by atoms with Gasteiger partial charge in [-0.15, -0.1) is 0 Å². The van der Waals surface area contributed by atoms with Crippen molar-refractivity contribution in [2.45, 2.75) is 25.2 Å². The lowest BCUT2D eigenvalue weighted by atomic mass is 10.1. The summed E-state index contributed by atoms with van der Waals surface area (Å²) < 4.78 is 14.3. The van der Waals surface area contributed by atoms with Crippen molar-refractivity contribution in [2.24, 2.45) is 0 Å². The number of hydrogen-bond acceptors (Lipinski definition) is 5. The van der Waals surface area contributed by atoms with Crippen molar-refractivity contribution in [3.8, 4) is 0 Å². The topological polar surface area (TPSA) is 127 Å². The van der Waals surface area contributed by atoms with E-state index < -0.39 is 32.7 Å². The van der Waals surface area contributed by atoms with E-state index in [0.29, 0.717) is 0 Å². The van der Waals surface area contributed by atoms with Crippen LogP contribution in [0.2, 0.25) is 0 Å². The van der Waals surface area contributed by atoms with E-state index in [0.717, 1.165) is 0 Å². The molecule has 0 aromatic rings. The van der Waals surface area contributed by atoms with Crippen molar-refractivity contribution < 1.29 is 34.2 Å². The molecule has 8 heteroatoms.